The second-order valence-corrected chi connectivity index (χ2v) is 6.27. The van der Waals surface area contributed by atoms with Crippen molar-refractivity contribution in [3.63, 3.8) is 0 Å². The van der Waals surface area contributed by atoms with Crippen LogP contribution in [0, 0.1) is 0 Å². The average Bonchev–Trinajstić information content (AvgIpc) is 3.19. The van der Waals surface area contributed by atoms with E-state index in [0.29, 0.717) is 19.4 Å². The van der Waals surface area contributed by atoms with Gasteiger partial charge in [0.1, 0.15) is 6.04 Å². The van der Waals surface area contributed by atoms with Crippen LogP contribution in [-0.2, 0) is 23.1 Å². The molecule has 1 aromatic heterocycles. The number of hydrogen-bond acceptors (Lipinski definition) is 4. The lowest BCUT2D eigenvalue weighted by Gasteiger charge is -2.15. The molecule has 2 amide bonds. The molecule has 2 N–H and O–H groups in total. The summed E-state index contributed by atoms with van der Waals surface area (Å²) in [7, 11) is 1.78. The molecule has 1 saturated heterocycles. The molecule has 0 aliphatic carbocycles. The Bertz CT molecular complexity index is 828. The van der Waals surface area contributed by atoms with Gasteiger partial charge >= 0.3 is 5.97 Å². The SMILES string of the molecule is Cn1cc(N2CC[C@H](NC(=O)CCc3ccc(C(=O)O)cc3)C2=O)cn1. The smallest absolute Gasteiger partial charge is 0.335 e. The molecule has 1 fully saturated rings. The number of anilines is 1. The Balaban J connectivity index is 1.50. The number of rotatable bonds is 6. The minimum absolute atomic E-state index is 0.128. The molecule has 0 radical (unpaired) electrons. The number of amides is 2. The van der Waals surface area contributed by atoms with Gasteiger partial charge in [-0.2, -0.15) is 5.10 Å². The van der Waals surface area contributed by atoms with E-state index < -0.39 is 12.0 Å². The Labute approximate surface area is 150 Å². The fourth-order valence-corrected chi connectivity index (χ4v) is 2.96. The lowest BCUT2D eigenvalue weighted by molar-refractivity contribution is -0.126. The maximum absolute atomic E-state index is 12.4. The standard InChI is InChI=1S/C18H20N4O4/c1-21-11-14(10-19-21)22-9-8-15(17(22)24)20-16(23)7-4-12-2-5-13(6-3-12)18(25)26/h2-3,5-6,10-11,15H,4,7-9H2,1H3,(H,20,23)(H,25,26)/t15-/m0/s1. The molecule has 1 aliphatic heterocycles. The monoisotopic (exact) mass is 356 g/mol. The molecule has 1 atom stereocenters. The zero-order chi connectivity index (χ0) is 18.7. The molecule has 0 spiro atoms. The van der Waals surface area contributed by atoms with E-state index in [1.165, 1.54) is 12.1 Å². The average molecular weight is 356 g/mol. The van der Waals surface area contributed by atoms with E-state index in [1.54, 1.807) is 41.2 Å². The highest BCUT2D eigenvalue weighted by Crippen LogP contribution is 2.20. The van der Waals surface area contributed by atoms with Gasteiger partial charge in [0.25, 0.3) is 0 Å². The third-order valence-corrected chi connectivity index (χ3v) is 4.39. The molecule has 0 saturated carbocycles. The number of nitrogens with zero attached hydrogens (tertiary/aromatic N) is 3. The first kappa shape index (κ1) is 17.7. The van der Waals surface area contributed by atoms with Gasteiger partial charge in [0.2, 0.25) is 11.8 Å². The Hall–Kier alpha value is -3.16. The van der Waals surface area contributed by atoms with Gasteiger partial charge in [-0.15, -0.1) is 0 Å². The molecule has 0 bridgehead atoms. The highest BCUT2D eigenvalue weighted by Gasteiger charge is 2.33. The number of benzene rings is 1. The number of aryl methyl sites for hydroxylation is 2. The van der Waals surface area contributed by atoms with Crippen molar-refractivity contribution in [1.29, 1.82) is 0 Å². The predicted octanol–water partition coefficient (Wildman–Crippen LogP) is 0.973. The van der Waals surface area contributed by atoms with Crippen molar-refractivity contribution in [1.82, 2.24) is 15.1 Å². The van der Waals surface area contributed by atoms with Crippen LogP contribution in [0.3, 0.4) is 0 Å². The Kier molecular flexibility index (Phi) is 5.01. The van der Waals surface area contributed by atoms with Gasteiger partial charge in [0, 0.05) is 26.2 Å². The van der Waals surface area contributed by atoms with E-state index in [2.05, 4.69) is 10.4 Å². The molecule has 2 heterocycles. The summed E-state index contributed by atoms with van der Waals surface area (Å²) in [5, 5.41) is 15.7. The second-order valence-electron chi connectivity index (χ2n) is 6.27. The maximum Gasteiger partial charge on any atom is 0.335 e. The zero-order valence-corrected chi connectivity index (χ0v) is 14.4. The minimum Gasteiger partial charge on any atom is -0.478 e. The van der Waals surface area contributed by atoms with E-state index in [4.69, 9.17) is 5.11 Å². The minimum atomic E-state index is -0.979. The topological polar surface area (TPSA) is 105 Å². The molecule has 8 nitrogen and oxygen atoms in total. The molecule has 26 heavy (non-hydrogen) atoms. The number of nitrogens with one attached hydrogen (secondary N) is 1. The third kappa shape index (κ3) is 3.90. The molecule has 1 aliphatic rings. The number of hydrogen-bond donors (Lipinski definition) is 2. The molecular weight excluding hydrogens is 336 g/mol. The van der Waals surface area contributed by atoms with Crippen molar-refractivity contribution in [2.75, 3.05) is 11.4 Å². The number of carboxylic acid groups (broad SMARTS) is 1. The summed E-state index contributed by atoms with van der Waals surface area (Å²) in [6.45, 7) is 0.548. The van der Waals surface area contributed by atoms with Gasteiger partial charge in [-0.05, 0) is 30.5 Å². The summed E-state index contributed by atoms with van der Waals surface area (Å²) in [5.74, 6) is -1.30. The van der Waals surface area contributed by atoms with Crippen LogP contribution in [0.25, 0.3) is 0 Å². The summed E-state index contributed by atoms with van der Waals surface area (Å²) >= 11 is 0. The number of aromatic nitrogens is 2. The lowest BCUT2D eigenvalue weighted by Crippen LogP contribution is -2.41. The van der Waals surface area contributed by atoms with E-state index in [0.717, 1.165) is 11.3 Å². The van der Waals surface area contributed by atoms with E-state index in [1.807, 2.05) is 0 Å². The van der Waals surface area contributed by atoms with Crippen molar-refractivity contribution in [2.24, 2.45) is 7.05 Å². The summed E-state index contributed by atoms with van der Waals surface area (Å²) in [6.07, 6.45) is 4.68. The van der Waals surface area contributed by atoms with Crippen LogP contribution in [0.5, 0.6) is 0 Å². The van der Waals surface area contributed by atoms with Gasteiger partial charge < -0.3 is 15.3 Å². The van der Waals surface area contributed by atoms with E-state index in [9.17, 15) is 14.4 Å². The Morgan fingerprint density at radius 2 is 2.04 bits per heavy atom. The van der Waals surface area contributed by atoms with Crippen molar-refractivity contribution in [3.05, 3.63) is 47.8 Å². The normalized spacial score (nSPS) is 16.7. The van der Waals surface area contributed by atoms with Crippen molar-refractivity contribution >= 4 is 23.5 Å². The third-order valence-electron chi connectivity index (χ3n) is 4.39. The van der Waals surface area contributed by atoms with Crippen LogP contribution < -0.4 is 10.2 Å². The first-order chi connectivity index (χ1) is 12.4. The summed E-state index contributed by atoms with van der Waals surface area (Å²) in [5.41, 5.74) is 1.82. The molecule has 3 rings (SSSR count). The largest absolute Gasteiger partial charge is 0.478 e. The first-order valence-corrected chi connectivity index (χ1v) is 8.35. The quantitative estimate of drug-likeness (QED) is 0.803. The van der Waals surface area contributed by atoms with E-state index in [-0.39, 0.29) is 23.8 Å². The molecule has 2 aromatic rings. The van der Waals surface area contributed by atoms with Gasteiger partial charge in [-0.3, -0.25) is 14.3 Å². The second kappa shape index (κ2) is 7.38. The van der Waals surface area contributed by atoms with Crippen LogP contribution in [0.4, 0.5) is 5.69 Å². The number of carboxylic acids is 1. The fraction of sp³-hybridized carbons (Fsp3) is 0.333. The number of aromatic carboxylic acids is 1. The zero-order valence-electron chi connectivity index (χ0n) is 14.4. The Morgan fingerprint density at radius 1 is 1.31 bits per heavy atom. The molecule has 0 unspecified atom stereocenters. The van der Waals surface area contributed by atoms with Crippen LogP contribution in [-0.4, -0.2) is 45.3 Å². The van der Waals surface area contributed by atoms with Crippen molar-refractivity contribution < 1.29 is 19.5 Å². The summed E-state index contributed by atoms with van der Waals surface area (Å²) in [4.78, 5) is 37.0. The Morgan fingerprint density at radius 3 is 2.65 bits per heavy atom. The molecule has 1 aromatic carbocycles. The highest BCUT2D eigenvalue weighted by atomic mass is 16.4. The lowest BCUT2D eigenvalue weighted by atomic mass is 10.1. The maximum atomic E-state index is 12.4. The first-order valence-electron chi connectivity index (χ1n) is 8.35. The fourth-order valence-electron chi connectivity index (χ4n) is 2.96. The predicted molar refractivity (Wildman–Crippen MR) is 93.8 cm³/mol. The van der Waals surface area contributed by atoms with Gasteiger partial charge in [-0.25, -0.2) is 4.79 Å². The highest BCUT2D eigenvalue weighted by molar-refractivity contribution is 6.01. The van der Waals surface area contributed by atoms with Gasteiger partial charge in [0.15, 0.2) is 0 Å². The van der Waals surface area contributed by atoms with Crippen molar-refractivity contribution in [3.8, 4) is 0 Å². The summed E-state index contributed by atoms with van der Waals surface area (Å²) < 4.78 is 1.63. The van der Waals surface area contributed by atoms with Crippen LogP contribution >= 0.6 is 0 Å². The van der Waals surface area contributed by atoms with Gasteiger partial charge in [0.05, 0.1) is 17.4 Å². The van der Waals surface area contributed by atoms with Gasteiger partial charge in [-0.1, -0.05) is 12.1 Å². The molecule has 8 heteroatoms. The van der Waals surface area contributed by atoms with Crippen LogP contribution in [0.2, 0.25) is 0 Å². The summed E-state index contributed by atoms with van der Waals surface area (Å²) in [6, 6.07) is 5.91. The number of carbonyl (C=O) groups excluding carboxylic acids is 2. The molecular formula is C18H20N4O4. The van der Waals surface area contributed by atoms with Crippen LogP contribution in [0.1, 0.15) is 28.8 Å². The van der Waals surface area contributed by atoms with Crippen LogP contribution in [0.15, 0.2) is 36.7 Å². The van der Waals surface area contributed by atoms with E-state index >= 15 is 0 Å². The number of carbonyl (C=O) groups is 3. The molecule has 136 valence electrons. The van der Waals surface area contributed by atoms with Crippen molar-refractivity contribution in [2.45, 2.75) is 25.3 Å².